The zero-order valence-electron chi connectivity index (χ0n) is 14.0. The van der Waals surface area contributed by atoms with Crippen molar-refractivity contribution in [3.8, 4) is 5.69 Å². The van der Waals surface area contributed by atoms with Gasteiger partial charge < -0.3 is 0 Å². The number of nitrogens with zero attached hydrogens (tertiary/aromatic N) is 4. The lowest BCUT2D eigenvalue weighted by Crippen LogP contribution is -2.13. The zero-order chi connectivity index (χ0) is 17.9. The molecule has 0 unspecified atom stereocenters. The molecule has 0 aliphatic carbocycles. The molecule has 130 valence electrons. The van der Waals surface area contributed by atoms with Crippen molar-refractivity contribution in [2.45, 2.75) is 31.1 Å². The molecule has 25 heavy (non-hydrogen) atoms. The summed E-state index contributed by atoms with van der Waals surface area (Å²) in [6.07, 6.45) is 2.45. The first kappa shape index (κ1) is 17.1. The number of anilines is 1. The Kier molecular flexibility index (Phi) is 4.80. The summed E-state index contributed by atoms with van der Waals surface area (Å²) in [6.45, 7) is 4.22. The molecule has 0 amide bonds. The Morgan fingerprint density at radius 2 is 1.92 bits per heavy atom. The number of nitrogens with one attached hydrogen (secondary N) is 1. The van der Waals surface area contributed by atoms with Crippen LogP contribution >= 0.6 is 0 Å². The average molecular weight is 357 g/mol. The molecule has 8 heteroatoms. The Labute approximate surface area is 146 Å². The molecule has 0 aliphatic heterocycles. The highest BCUT2D eigenvalue weighted by Crippen LogP contribution is 2.22. The summed E-state index contributed by atoms with van der Waals surface area (Å²) in [6, 6.07) is 13.9. The van der Waals surface area contributed by atoms with Crippen LogP contribution in [0.3, 0.4) is 0 Å². The highest BCUT2D eigenvalue weighted by atomic mass is 32.2. The SMILES string of the molecule is CC[C@@H](C)c1ccc(S(=O)(=O)Nc2cccc(-n3cnnn3)c2)cc1. The molecule has 0 saturated heterocycles. The maximum Gasteiger partial charge on any atom is 0.261 e. The summed E-state index contributed by atoms with van der Waals surface area (Å²) >= 11 is 0. The van der Waals surface area contributed by atoms with Gasteiger partial charge in [0.25, 0.3) is 10.0 Å². The van der Waals surface area contributed by atoms with Gasteiger partial charge in [0.2, 0.25) is 0 Å². The van der Waals surface area contributed by atoms with E-state index in [9.17, 15) is 8.42 Å². The minimum absolute atomic E-state index is 0.229. The molecule has 2 aromatic carbocycles. The molecule has 7 nitrogen and oxygen atoms in total. The van der Waals surface area contributed by atoms with Crippen molar-refractivity contribution < 1.29 is 8.42 Å². The molecule has 0 bridgehead atoms. The molecule has 3 aromatic rings. The number of tetrazole rings is 1. The number of hydrogen-bond acceptors (Lipinski definition) is 5. The van der Waals surface area contributed by atoms with Gasteiger partial charge in [-0.3, -0.25) is 4.72 Å². The van der Waals surface area contributed by atoms with Gasteiger partial charge in [0.1, 0.15) is 6.33 Å². The van der Waals surface area contributed by atoms with E-state index < -0.39 is 10.0 Å². The molecule has 1 aromatic heterocycles. The van der Waals surface area contributed by atoms with Crippen molar-refractivity contribution >= 4 is 15.7 Å². The molecule has 0 saturated carbocycles. The van der Waals surface area contributed by atoms with E-state index in [1.165, 1.54) is 11.0 Å². The third kappa shape index (κ3) is 3.85. The van der Waals surface area contributed by atoms with E-state index in [-0.39, 0.29) is 4.90 Å². The van der Waals surface area contributed by atoms with E-state index >= 15 is 0 Å². The number of benzene rings is 2. The molecule has 1 N–H and O–H groups in total. The van der Waals surface area contributed by atoms with Gasteiger partial charge in [0.15, 0.2) is 0 Å². The number of aromatic nitrogens is 4. The fraction of sp³-hybridized carbons (Fsp3) is 0.235. The van der Waals surface area contributed by atoms with Gasteiger partial charge in [-0.2, -0.15) is 0 Å². The molecule has 1 atom stereocenters. The third-order valence-electron chi connectivity index (χ3n) is 4.08. The first-order valence-corrected chi connectivity index (χ1v) is 9.44. The van der Waals surface area contributed by atoms with E-state index in [1.807, 2.05) is 12.1 Å². The molecular formula is C17H19N5O2S. The molecular weight excluding hydrogens is 338 g/mol. The maximum atomic E-state index is 12.6. The Morgan fingerprint density at radius 3 is 2.56 bits per heavy atom. The Hall–Kier alpha value is -2.74. The van der Waals surface area contributed by atoms with Crippen LogP contribution in [0.4, 0.5) is 5.69 Å². The predicted molar refractivity (Wildman–Crippen MR) is 95.1 cm³/mol. The van der Waals surface area contributed by atoms with Gasteiger partial charge in [-0.1, -0.05) is 32.0 Å². The van der Waals surface area contributed by atoms with Crippen LogP contribution in [0.15, 0.2) is 59.8 Å². The summed E-state index contributed by atoms with van der Waals surface area (Å²) in [5.41, 5.74) is 2.23. The fourth-order valence-electron chi connectivity index (χ4n) is 2.42. The predicted octanol–water partition coefficient (Wildman–Crippen LogP) is 2.98. The van der Waals surface area contributed by atoms with Crippen molar-refractivity contribution in [3.63, 3.8) is 0 Å². The van der Waals surface area contributed by atoms with Gasteiger partial charge in [0.05, 0.1) is 16.3 Å². The van der Waals surface area contributed by atoms with Crippen molar-refractivity contribution in [1.29, 1.82) is 0 Å². The van der Waals surface area contributed by atoms with E-state index in [1.54, 1.807) is 36.4 Å². The molecule has 0 radical (unpaired) electrons. The van der Waals surface area contributed by atoms with E-state index in [4.69, 9.17) is 0 Å². The van der Waals surface area contributed by atoms with Crippen LogP contribution in [0.25, 0.3) is 5.69 Å². The van der Waals surface area contributed by atoms with E-state index in [0.29, 0.717) is 17.3 Å². The van der Waals surface area contributed by atoms with Crippen LogP contribution in [-0.4, -0.2) is 28.6 Å². The number of sulfonamides is 1. The van der Waals surface area contributed by atoms with Crippen molar-refractivity contribution in [1.82, 2.24) is 20.2 Å². The Balaban J connectivity index is 1.83. The van der Waals surface area contributed by atoms with Gasteiger partial charge in [0, 0.05) is 0 Å². The minimum Gasteiger partial charge on any atom is -0.280 e. The number of hydrogen-bond donors (Lipinski definition) is 1. The Morgan fingerprint density at radius 1 is 1.16 bits per heavy atom. The van der Waals surface area contributed by atoms with E-state index in [0.717, 1.165) is 12.0 Å². The lowest BCUT2D eigenvalue weighted by atomic mass is 9.99. The zero-order valence-corrected chi connectivity index (χ0v) is 14.8. The summed E-state index contributed by atoms with van der Waals surface area (Å²) < 4.78 is 29.2. The first-order valence-electron chi connectivity index (χ1n) is 7.96. The second-order valence-electron chi connectivity index (χ2n) is 5.79. The highest BCUT2D eigenvalue weighted by Gasteiger charge is 2.15. The van der Waals surface area contributed by atoms with Crippen molar-refractivity contribution in [2.75, 3.05) is 4.72 Å². The van der Waals surface area contributed by atoms with Crippen molar-refractivity contribution in [2.24, 2.45) is 0 Å². The van der Waals surface area contributed by atoms with Crippen LogP contribution in [0.5, 0.6) is 0 Å². The van der Waals surface area contributed by atoms with Gasteiger partial charge in [-0.25, -0.2) is 13.1 Å². The second kappa shape index (κ2) is 7.02. The van der Waals surface area contributed by atoms with Gasteiger partial charge in [-0.15, -0.1) is 5.10 Å². The standard InChI is InChI=1S/C17H19N5O2S/c1-3-13(2)14-7-9-17(10-8-14)25(23,24)19-15-5-4-6-16(11-15)22-12-18-20-21-22/h4-13,19H,3H2,1-2H3/t13-/m1/s1. The summed E-state index contributed by atoms with van der Waals surface area (Å²) in [7, 11) is -3.66. The number of rotatable bonds is 6. The lowest BCUT2D eigenvalue weighted by molar-refractivity contribution is 0.601. The molecule has 0 aliphatic rings. The normalized spacial score (nSPS) is 12.7. The monoisotopic (exact) mass is 357 g/mol. The molecule has 0 fully saturated rings. The minimum atomic E-state index is -3.66. The first-order chi connectivity index (χ1) is 12.0. The van der Waals surface area contributed by atoms with Gasteiger partial charge in [-0.05, 0) is 58.7 Å². The van der Waals surface area contributed by atoms with Crippen LogP contribution in [0.2, 0.25) is 0 Å². The van der Waals surface area contributed by atoms with Crippen LogP contribution in [0, 0.1) is 0 Å². The maximum absolute atomic E-state index is 12.6. The topological polar surface area (TPSA) is 89.8 Å². The van der Waals surface area contributed by atoms with Crippen molar-refractivity contribution in [3.05, 3.63) is 60.4 Å². The summed E-state index contributed by atoms with van der Waals surface area (Å²) in [5.74, 6) is 0.401. The van der Waals surface area contributed by atoms with Crippen LogP contribution in [-0.2, 0) is 10.0 Å². The lowest BCUT2D eigenvalue weighted by Gasteiger charge is -2.12. The molecule has 0 spiro atoms. The van der Waals surface area contributed by atoms with Gasteiger partial charge >= 0.3 is 0 Å². The third-order valence-corrected chi connectivity index (χ3v) is 5.48. The molecule has 3 rings (SSSR count). The fourth-order valence-corrected chi connectivity index (χ4v) is 3.47. The van der Waals surface area contributed by atoms with Crippen LogP contribution < -0.4 is 4.72 Å². The molecule has 1 heterocycles. The smallest absolute Gasteiger partial charge is 0.261 e. The van der Waals surface area contributed by atoms with Crippen LogP contribution in [0.1, 0.15) is 31.7 Å². The van der Waals surface area contributed by atoms with E-state index in [2.05, 4.69) is 34.1 Å². The summed E-state index contributed by atoms with van der Waals surface area (Å²) in [4.78, 5) is 0.229. The highest BCUT2D eigenvalue weighted by molar-refractivity contribution is 7.92. The summed E-state index contributed by atoms with van der Waals surface area (Å²) in [5, 5.41) is 10.9. The quantitative estimate of drug-likeness (QED) is 0.732. The second-order valence-corrected chi connectivity index (χ2v) is 7.47. The largest absolute Gasteiger partial charge is 0.280 e. The average Bonchev–Trinajstić information content (AvgIpc) is 3.16. The Bertz CT molecular complexity index is 937.